The number of rotatable bonds is 2. The molecule has 0 bridgehead atoms. The molecule has 1 amide bonds. The van der Waals surface area contributed by atoms with Crippen molar-refractivity contribution in [3.63, 3.8) is 0 Å². The molecule has 0 radical (unpaired) electrons. The minimum Gasteiger partial charge on any atom is -0.375 e. The van der Waals surface area contributed by atoms with Gasteiger partial charge >= 0.3 is 0 Å². The van der Waals surface area contributed by atoms with Crippen LogP contribution in [0.2, 0.25) is 0 Å². The van der Waals surface area contributed by atoms with Gasteiger partial charge in [0.2, 0.25) is 0 Å². The number of carbonyl (C=O) groups is 1. The van der Waals surface area contributed by atoms with Crippen molar-refractivity contribution in [1.29, 1.82) is 0 Å². The number of fused-ring (bicyclic) bond motifs is 1. The number of nitrogens with one attached hydrogen (secondary N) is 1. The summed E-state index contributed by atoms with van der Waals surface area (Å²) in [7, 11) is 0. The molecule has 0 fully saturated rings. The fourth-order valence-corrected chi connectivity index (χ4v) is 3.20. The Bertz CT molecular complexity index is 871. The highest BCUT2D eigenvalue weighted by Gasteiger charge is 2.14. The molecule has 3 aromatic rings. The number of carbonyl (C=O) groups excluding carboxylic acids is 1. The molecule has 0 aliphatic rings. The van der Waals surface area contributed by atoms with Gasteiger partial charge in [-0.1, -0.05) is 11.3 Å². The van der Waals surface area contributed by atoms with Crippen LogP contribution < -0.4 is 11.1 Å². The van der Waals surface area contributed by atoms with Crippen LogP contribution in [0.5, 0.6) is 0 Å². The summed E-state index contributed by atoms with van der Waals surface area (Å²) < 4.78 is 13.9. The summed E-state index contributed by atoms with van der Waals surface area (Å²) in [5.41, 5.74) is 9.57. The van der Waals surface area contributed by atoms with E-state index in [0.29, 0.717) is 10.7 Å². The average molecular weight is 315 g/mol. The number of thiazole rings is 1. The first-order valence-corrected chi connectivity index (χ1v) is 7.50. The topological polar surface area (TPSA) is 68.0 Å². The Morgan fingerprint density at radius 1 is 1.27 bits per heavy atom. The molecule has 0 atom stereocenters. The quantitative estimate of drug-likeness (QED) is 0.754. The minimum atomic E-state index is -0.370. The molecule has 6 heteroatoms. The second kappa shape index (κ2) is 5.38. The van der Waals surface area contributed by atoms with Crippen molar-refractivity contribution in [1.82, 2.24) is 4.98 Å². The molecular formula is C16H14FN3OS. The highest BCUT2D eigenvalue weighted by molar-refractivity contribution is 7.22. The number of aryl methyl sites for hydroxylation is 2. The highest BCUT2D eigenvalue weighted by atomic mass is 32.1. The van der Waals surface area contributed by atoms with Gasteiger partial charge in [-0.2, -0.15) is 0 Å². The molecule has 22 heavy (non-hydrogen) atoms. The molecule has 0 unspecified atom stereocenters. The van der Waals surface area contributed by atoms with Gasteiger partial charge in [-0.3, -0.25) is 4.79 Å². The van der Waals surface area contributed by atoms with Gasteiger partial charge in [0.1, 0.15) is 5.82 Å². The van der Waals surface area contributed by atoms with Gasteiger partial charge in [-0.25, -0.2) is 9.37 Å². The number of nitrogens with two attached hydrogens (primary N) is 1. The van der Waals surface area contributed by atoms with Crippen LogP contribution >= 0.6 is 11.3 Å². The first kappa shape index (κ1) is 14.5. The van der Waals surface area contributed by atoms with Crippen LogP contribution in [-0.4, -0.2) is 10.9 Å². The molecule has 3 N–H and O–H groups in total. The van der Waals surface area contributed by atoms with Gasteiger partial charge in [-0.05, 0) is 55.3 Å². The molecule has 1 aromatic heterocycles. The van der Waals surface area contributed by atoms with E-state index in [-0.39, 0.29) is 11.7 Å². The average Bonchev–Trinajstić information content (AvgIpc) is 2.84. The Kier molecular flexibility index (Phi) is 3.54. The zero-order valence-corrected chi connectivity index (χ0v) is 12.9. The van der Waals surface area contributed by atoms with E-state index in [4.69, 9.17) is 5.73 Å². The van der Waals surface area contributed by atoms with E-state index in [0.717, 1.165) is 27.0 Å². The smallest absolute Gasteiger partial charge is 0.255 e. The third-order valence-electron chi connectivity index (χ3n) is 3.48. The van der Waals surface area contributed by atoms with E-state index in [1.807, 2.05) is 19.9 Å². The third-order valence-corrected chi connectivity index (χ3v) is 4.50. The maximum atomic E-state index is 12.9. The highest BCUT2D eigenvalue weighted by Crippen LogP contribution is 2.34. The van der Waals surface area contributed by atoms with E-state index in [9.17, 15) is 9.18 Å². The van der Waals surface area contributed by atoms with Crippen LogP contribution in [0, 0.1) is 19.7 Å². The summed E-state index contributed by atoms with van der Waals surface area (Å²) in [5.74, 6) is -0.645. The van der Waals surface area contributed by atoms with Crippen molar-refractivity contribution in [2.75, 3.05) is 11.1 Å². The Morgan fingerprint density at radius 3 is 2.64 bits per heavy atom. The first-order valence-electron chi connectivity index (χ1n) is 6.69. The van der Waals surface area contributed by atoms with Crippen molar-refractivity contribution in [3.05, 3.63) is 52.8 Å². The standard InChI is InChI=1S/C16H14FN3OS/c1-8-7-12-14(22-16(18)19-12)9(2)13(8)20-15(21)10-3-5-11(17)6-4-10/h3-7H,1-2H3,(H2,18,19)(H,20,21). The van der Waals surface area contributed by atoms with Crippen LogP contribution in [0.15, 0.2) is 30.3 Å². The van der Waals surface area contributed by atoms with Gasteiger partial charge in [0, 0.05) is 11.3 Å². The Morgan fingerprint density at radius 2 is 1.95 bits per heavy atom. The predicted octanol–water partition coefficient (Wildman–Crippen LogP) is 3.89. The third kappa shape index (κ3) is 2.53. The van der Waals surface area contributed by atoms with Gasteiger partial charge in [-0.15, -0.1) is 0 Å². The lowest BCUT2D eigenvalue weighted by molar-refractivity contribution is 0.102. The summed E-state index contributed by atoms with van der Waals surface area (Å²) in [6.45, 7) is 3.83. The van der Waals surface area contributed by atoms with Gasteiger partial charge < -0.3 is 11.1 Å². The van der Waals surface area contributed by atoms with E-state index in [1.54, 1.807) is 0 Å². The molecule has 1 heterocycles. The van der Waals surface area contributed by atoms with Crippen LogP contribution in [0.1, 0.15) is 21.5 Å². The maximum absolute atomic E-state index is 12.9. The van der Waals surface area contributed by atoms with Crippen molar-refractivity contribution in [2.45, 2.75) is 13.8 Å². The van der Waals surface area contributed by atoms with E-state index in [2.05, 4.69) is 10.3 Å². The van der Waals surface area contributed by atoms with Crippen LogP contribution in [0.4, 0.5) is 15.2 Å². The molecule has 0 saturated carbocycles. The summed E-state index contributed by atoms with van der Waals surface area (Å²) >= 11 is 1.39. The second-order valence-corrected chi connectivity index (χ2v) is 6.09. The second-order valence-electron chi connectivity index (χ2n) is 5.05. The Labute approximate surface area is 130 Å². The van der Waals surface area contributed by atoms with Crippen molar-refractivity contribution in [3.8, 4) is 0 Å². The summed E-state index contributed by atoms with van der Waals surface area (Å²) in [5, 5.41) is 3.39. The van der Waals surface area contributed by atoms with Gasteiger partial charge in [0.05, 0.1) is 10.2 Å². The fraction of sp³-hybridized carbons (Fsp3) is 0.125. The van der Waals surface area contributed by atoms with Crippen LogP contribution in [-0.2, 0) is 0 Å². The molecule has 0 saturated heterocycles. The van der Waals surface area contributed by atoms with E-state index < -0.39 is 0 Å². The summed E-state index contributed by atoms with van der Waals surface area (Å²) in [6, 6.07) is 7.34. The number of benzene rings is 2. The van der Waals surface area contributed by atoms with Gasteiger partial charge in [0.15, 0.2) is 5.13 Å². The van der Waals surface area contributed by atoms with Crippen molar-refractivity contribution < 1.29 is 9.18 Å². The molecule has 0 spiro atoms. The molecule has 112 valence electrons. The SMILES string of the molecule is Cc1cc2nc(N)sc2c(C)c1NC(=O)c1ccc(F)cc1. The van der Waals surface area contributed by atoms with E-state index in [1.165, 1.54) is 35.6 Å². The molecular weight excluding hydrogens is 301 g/mol. The zero-order chi connectivity index (χ0) is 15.9. The number of aromatic nitrogens is 1. The van der Waals surface area contributed by atoms with E-state index >= 15 is 0 Å². The lowest BCUT2D eigenvalue weighted by Gasteiger charge is -2.12. The first-order chi connectivity index (χ1) is 10.5. The van der Waals surface area contributed by atoms with Crippen molar-refractivity contribution >= 4 is 38.3 Å². The number of anilines is 2. The predicted molar refractivity (Wildman–Crippen MR) is 87.9 cm³/mol. The molecule has 0 aliphatic carbocycles. The molecule has 3 rings (SSSR count). The molecule has 4 nitrogen and oxygen atoms in total. The van der Waals surface area contributed by atoms with Crippen molar-refractivity contribution in [2.24, 2.45) is 0 Å². The molecule has 0 aliphatic heterocycles. The van der Waals surface area contributed by atoms with Crippen LogP contribution in [0.25, 0.3) is 10.2 Å². The summed E-state index contributed by atoms with van der Waals surface area (Å²) in [4.78, 5) is 16.6. The van der Waals surface area contributed by atoms with Gasteiger partial charge in [0.25, 0.3) is 5.91 Å². The largest absolute Gasteiger partial charge is 0.375 e. The lowest BCUT2D eigenvalue weighted by atomic mass is 10.1. The number of nitrogens with zero attached hydrogens (tertiary/aromatic N) is 1. The summed E-state index contributed by atoms with van der Waals surface area (Å²) in [6.07, 6.45) is 0. The number of hydrogen-bond donors (Lipinski definition) is 2. The number of hydrogen-bond acceptors (Lipinski definition) is 4. The fourth-order valence-electron chi connectivity index (χ4n) is 2.38. The maximum Gasteiger partial charge on any atom is 0.255 e. The number of nitrogen functional groups attached to an aromatic ring is 1. The Balaban J connectivity index is 1.99. The number of halogens is 1. The Hall–Kier alpha value is -2.47. The van der Waals surface area contributed by atoms with Crippen LogP contribution in [0.3, 0.4) is 0 Å². The number of amides is 1. The minimum absolute atomic E-state index is 0.275. The zero-order valence-electron chi connectivity index (χ0n) is 12.1. The monoisotopic (exact) mass is 315 g/mol. The lowest BCUT2D eigenvalue weighted by Crippen LogP contribution is -2.13. The normalized spacial score (nSPS) is 10.9. The molecule has 2 aromatic carbocycles.